The normalized spacial score (nSPS) is 18.7. The first-order valence-corrected chi connectivity index (χ1v) is 12.4. The van der Waals surface area contributed by atoms with Gasteiger partial charge in [0.1, 0.15) is 11.6 Å². The van der Waals surface area contributed by atoms with Gasteiger partial charge in [-0.25, -0.2) is 4.39 Å². The molecule has 3 aromatic rings. The van der Waals surface area contributed by atoms with Gasteiger partial charge in [0.2, 0.25) is 5.91 Å². The third kappa shape index (κ3) is 4.89. The summed E-state index contributed by atoms with van der Waals surface area (Å²) in [6.07, 6.45) is -0.144. The van der Waals surface area contributed by atoms with Crippen LogP contribution in [0.15, 0.2) is 84.1 Å². The molecule has 1 heterocycles. The number of fused-ring (bicyclic) bond motifs is 1. The number of ether oxygens (including phenoxy) is 1. The second-order valence-corrected chi connectivity index (χ2v) is 9.43. The molecule has 5 rings (SSSR count). The summed E-state index contributed by atoms with van der Waals surface area (Å²) < 4.78 is 19.3. The van der Waals surface area contributed by atoms with Crippen molar-refractivity contribution in [3.05, 3.63) is 101 Å². The number of carboxylic acids is 1. The van der Waals surface area contributed by atoms with E-state index in [1.165, 1.54) is 17.0 Å². The van der Waals surface area contributed by atoms with Crippen molar-refractivity contribution in [2.75, 3.05) is 17.3 Å². The number of aliphatic carboxylic acids is 1. The van der Waals surface area contributed by atoms with Crippen molar-refractivity contribution < 1.29 is 28.6 Å². The number of methoxy groups -OCH3 is 1. The Morgan fingerprint density at radius 3 is 2.47 bits per heavy atom. The molecule has 0 saturated carbocycles. The Hall–Kier alpha value is -4.46. The molecule has 194 valence electrons. The topological polar surface area (TPSA) is 98.8 Å². The molecule has 0 saturated heterocycles. The maximum Gasteiger partial charge on any atom is 0.228 e. The molecule has 1 N–H and O–H groups in total. The Kier molecular flexibility index (Phi) is 6.96. The van der Waals surface area contributed by atoms with Gasteiger partial charge < -0.3 is 20.0 Å². The monoisotopic (exact) mass is 513 g/mol. The molecule has 1 aliphatic heterocycles. The van der Waals surface area contributed by atoms with Gasteiger partial charge in [-0.1, -0.05) is 36.4 Å². The van der Waals surface area contributed by atoms with Gasteiger partial charge in [0.25, 0.3) is 0 Å². The number of amides is 1. The van der Waals surface area contributed by atoms with E-state index in [1.54, 1.807) is 49.6 Å². The first-order chi connectivity index (χ1) is 18.4. The number of allylic oxidation sites excluding steroid dienone is 1. The number of halogens is 1. The van der Waals surface area contributed by atoms with Crippen molar-refractivity contribution in [1.82, 2.24) is 0 Å². The second-order valence-electron chi connectivity index (χ2n) is 9.43. The fraction of sp³-hybridized carbons (Fsp3) is 0.233. The van der Waals surface area contributed by atoms with Gasteiger partial charge in [0.05, 0.1) is 24.5 Å². The quantitative estimate of drug-likeness (QED) is 0.529. The summed E-state index contributed by atoms with van der Waals surface area (Å²) in [6, 6.07) is 19.8. The summed E-state index contributed by atoms with van der Waals surface area (Å²) in [5.74, 6) is -1.93. The lowest BCUT2D eigenvalue weighted by atomic mass is 9.78. The Labute approximate surface area is 219 Å². The Bertz CT molecular complexity index is 1430. The third-order valence-electron chi connectivity index (χ3n) is 7.05. The van der Waals surface area contributed by atoms with Gasteiger partial charge in [0, 0.05) is 30.1 Å². The maximum absolute atomic E-state index is 14.0. The van der Waals surface area contributed by atoms with Crippen LogP contribution in [0.2, 0.25) is 0 Å². The molecule has 2 unspecified atom stereocenters. The number of hydrogen-bond acceptors (Lipinski definition) is 6. The van der Waals surface area contributed by atoms with E-state index >= 15 is 0 Å². The second kappa shape index (κ2) is 10.5. The molecule has 0 aromatic heterocycles. The number of ketones is 1. The van der Waals surface area contributed by atoms with E-state index in [9.17, 15) is 23.9 Å². The highest BCUT2D eigenvalue weighted by Crippen LogP contribution is 2.47. The van der Waals surface area contributed by atoms with Gasteiger partial charge in [-0.05, 0) is 66.3 Å². The van der Waals surface area contributed by atoms with Crippen LogP contribution in [0.4, 0.5) is 15.8 Å². The van der Waals surface area contributed by atoms with Gasteiger partial charge in [0.15, 0.2) is 5.78 Å². The smallest absolute Gasteiger partial charge is 0.228 e. The zero-order chi connectivity index (χ0) is 26.8. The average Bonchev–Trinajstić information content (AvgIpc) is 3.06. The molecule has 2 atom stereocenters. The fourth-order valence-electron chi connectivity index (χ4n) is 5.29. The number of carbonyl (C=O) groups is 3. The summed E-state index contributed by atoms with van der Waals surface area (Å²) in [5.41, 5.74) is 3.63. The van der Waals surface area contributed by atoms with Crippen molar-refractivity contribution in [1.29, 1.82) is 0 Å². The van der Waals surface area contributed by atoms with E-state index in [4.69, 9.17) is 4.74 Å². The number of nitrogens with one attached hydrogen (secondary N) is 1. The highest BCUT2D eigenvalue weighted by Gasteiger charge is 2.41. The van der Waals surface area contributed by atoms with Crippen LogP contribution in [0, 0.1) is 5.82 Å². The highest BCUT2D eigenvalue weighted by atomic mass is 19.1. The molecule has 8 heteroatoms. The minimum absolute atomic E-state index is 0.147. The van der Waals surface area contributed by atoms with Crippen LogP contribution < -0.4 is 20.1 Å². The number of hydrogen-bond donors (Lipinski definition) is 1. The lowest BCUT2D eigenvalue weighted by molar-refractivity contribution is -0.305. The van der Waals surface area contributed by atoms with Gasteiger partial charge in [-0.2, -0.15) is 0 Å². The van der Waals surface area contributed by atoms with Crippen LogP contribution in [-0.4, -0.2) is 24.8 Å². The fourth-order valence-corrected chi connectivity index (χ4v) is 5.29. The number of carboxylic acid groups (broad SMARTS) is 1. The zero-order valence-electron chi connectivity index (χ0n) is 20.8. The van der Waals surface area contributed by atoms with Crippen molar-refractivity contribution in [2.45, 2.75) is 37.6 Å². The highest BCUT2D eigenvalue weighted by molar-refractivity contribution is 6.06. The third-order valence-corrected chi connectivity index (χ3v) is 7.05. The van der Waals surface area contributed by atoms with Crippen molar-refractivity contribution in [3.8, 4) is 5.75 Å². The Morgan fingerprint density at radius 1 is 1.00 bits per heavy atom. The molecule has 0 fully saturated rings. The molecule has 1 aliphatic carbocycles. The number of anilines is 2. The van der Waals surface area contributed by atoms with Gasteiger partial charge >= 0.3 is 0 Å². The Balaban J connectivity index is 1.68. The summed E-state index contributed by atoms with van der Waals surface area (Å²) in [7, 11) is 1.55. The zero-order valence-corrected chi connectivity index (χ0v) is 20.8. The van der Waals surface area contributed by atoms with Gasteiger partial charge in [-0.15, -0.1) is 0 Å². The summed E-state index contributed by atoms with van der Waals surface area (Å²) in [6.45, 7) is 0. The minimum atomic E-state index is -1.33. The molecule has 0 radical (unpaired) electrons. The minimum Gasteiger partial charge on any atom is -0.550 e. The van der Waals surface area contributed by atoms with Crippen LogP contribution >= 0.6 is 0 Å². The lowest BCUT2D eigenvalue weighted by Crippen LogP contribution is -2.39. The first kappa shape index (κ1) is 25.2. The summed E-state index contributed by atoms with van der Waals surface area (Å²) in [4.78, 5) is 40.2. The first-order valence-electron chi connectivity index (χ1n) is 12.4. The molecule has 2 aliphatic rings. The number of nitrogens with zero attached hydrogens (tertiary/aromatic N) is 1. The molecule has 1 amide bonds. The predicted octanol–water partition coefficient (Wildman–Crippen LogP) is 4.27. The molecular formula is C30H26FN2O5-. The molecule has 0 bridgehead atoms. The predicted molar refractivity (Wildman–Crippen MR) is 138 cm³/mol. The van der Waals surface area contributed by atoms with E-state index in [1.807, 2.05) is 18.2 Å². The number of benzene rings is 3. The SMILES string of the molecule is COc1ccc(C2C3=C(CC(c4cccc(F)c4)CC3=O)Nc3ccccc3N2C(=O)CCC(=O)[O-])cc1. The number of Topliss-reactive ketones (excluding diaryl/α,β-unsaturated/α-hetero) is 1. The standard InChI is InChI=1S/C30H27FN2O5/c1-38-22-11-9-18(10-12-22)30-29-24(16-20(17-26(29)34)19-5-4-6-21(31)15-19)32-23-7-2-3-8-25(23)33(30)27(35)13-14-28(36)37/h2-12,15,20,30,32H,13-14,16-17H2,1H3,(H,36,37)/p-1. The Morgan fingerprint density at radius 2 is 1.76 bits per heavy atom. The summed E-state index contributed by atoms with van der Waals surface area (Å²) in [5, 5.41) is 14.6. The van der Waals surface area contributed by atoms with Crippen molar-refractivity contribution in [3.63, 3.8) is 0 Å². The van der Waals surface area contributed by atoms with Crippen LogP contribution in [-0.2, 0) is 14.4 Å². The van der Waals surface area contributed by atoms with E-state index in [-0.39, 0.29) is 30.4 Å². The average molecular weight is 514 g/mol. The van der Waals surface area contributed by atoms with Gasteiger partial charge in [-0.3, -0.25) is 14.5 Å². The van der Waals surface area contributed by atoms with Crippen molar-refractivity contribution in [2.24, 2.45) is 0 Å². The van der Waals surface area contributed by atoms with E-state index in [0.717, 1.165) is 5.56 Å². The van der Waals surface area contributed by atoms with E-state index in [0.29, 0.717) is 40.4 Å². The number of rotatable bonds is 6. The molecule has 3 aromatic carbocycles. The van der Waals surface area contributed by atoms with Crippen LogP contribution in [0.25, 0.3) is 0 Å². The molecular weight excluding hydrogens is 487 g/mol. The van der Waals surface area contributed by atoms with Crippen LogP contribution in [0.3, 0.4) is 0 Å². The van der Waals surface area contributed by atoms with Crippen molar-refractivity contribution >= 4 is 29.0 Å². The molecule has 7 nitrogen and oxygen atoms in total. The van der Waals surface area contributed by atoms with E-state index in [2.05, 4.69) is 5.32 Å². The number of para-hydroxylation sites is 2. The molecule has 0 spiro atoms. The largest absolute Gasteiger partial charge is 0.550 e. The van der Waals surface area contributed by atoms with Crippen LogP contribution in [0.1, 0.15) is 48.8 Å². The number of carbonyl (C=O) groups excluding carboxylic acids is 3. The summed E-state index contributed by atoms with van der Waals surface area (Å²) >= 11 is 0. The lowest BCUT2D eigenvalue weighted by Gasteiger charge is -2.35. The van der Waals surface area contributed by atoms with Crippen LogP contribution in [0.5, 0.6) is 5.75 Å². The maximum atomic E-state index is 14.0. The molecule has 38 heavy (non-hydrogen) atoms. The van der Waals surface area contributed by atoms with E-state index < -0.39 is 24.3 Å².